The summed E-state index contributed by atoms with van der Waals surface area (Å²) < 4.78 is 10.3. The molecule has 20 aromatic carbocycles. The fourth-order valence-corrected chi connectivity index (χ4v) is 24.8. The fraction of sp³-hybridized carbons (Fsp3) is 0.0164. The molecule has 0 atom stereocenters. The Morgan fingerprint density at radius 3 is 0.992 bits per heavy atom. The number of hydrogen-bond donors (Lipinski definition) is 0. The summed E-state index contributed by atoms with van der Waals surface area (Å²) in [4.78, 5) is 4.88. The third-order valence-corrected chi connectivity index (χ3v) is 30.3. The normalized spacial score (nSPS) is 12.8. The van der Waals surface area contributed by atoms with E-state index in [4.69, 9.17) is 0 Å². The van der Waals surface area contributed by atoms with Gasteiger partial charge in [0.2, 0.25) is 0 Å². The first-order chi connectivity index (χ1) is 63.5. The lowest BCUT2D eigenvalue weighted by Crippen LogP contribution is -2.28. The van der Waals surface area contributed by atoms with Crippen LogP contribution in [0.1, 0.15) is 44.5 Å². The molecule has 26 rings (SSSR count). The molecular weight excluding hydrogens is 1600 g/mol. The first-order valence-electron chi connectivity index (χ1n) is 43.9. The van der Waals surface area contributed by atoms with Crippen molar-refractivity contribution in [3.05, 3.63) is 524 Å². The van der Waals surface area contributed by atoms with Gasteiger partial charge in [0.05, 0.1) is 21.9 Å². The first kappa shape index (κ1) is 75.0. The number of aromatic nitrogens is 1. The summed E-state index contributed by atoms with van der Waals surface area (Å²) in [6, 6.07) is 177. The lowest BCUT2D eigenvalue weighted by atomic mass is 9.68. The van der Waals surface area contributed by atoms with Crippen LogP contribution in [-0.2, 0) is 10.8 Å². The maximum absolute atomic E-state index is 2.45. The molecule has 0 amide bonds. The summed E-state index contributed by atoms with van der Waals surface area (Å²) in [5, 5.41) is 10.4. The van der Waals surface area contributed by atoms with Gasteiger partial charge in [0.15, 0.2) is 0 Å². The molecule has 4 heterocycles. The van der Waals surface area contributed by atoms with E-state index in [0.717, 1.165) is 39.8 Å². The number of thiophene rings is 3. The molecule has 0 spiro atoms. The highest BCUT2D eigenvalue weighted by Gasteiger charge is 2.48. The second-order valence-corrected chi connectivity index (χ2v) is 36.8. The molecule has 24 aromatic rings. The van der Waals surface area contributed by atoms with Crippen LogP contribution < -0.4 is 9.80 Å². The molecule has 2 aliphatic carbocycles. The average molecular weight is 1680 g/mol. The molecule has 6 heteroatoms. The molecule has 4 aromatic heterocycles. The molecule has 3 nitrogen and oxygen atoms in total. The minimum Gasteiger partial charge on any atom is -0.310 e. The van der Waals surface area contributed by atoms with Crippen molar-refractivity contribution in [1.82, 2.24) is 4.57 Å². The predicted molar refractivity (Wildman–Crippen MR) is 546 cm³/mol. The van der Waals surface area contributed by atoms with Gasteiger partial charge in [-0.2, -0.15) is 0 Å². The molecule has 128 heavy (non-hydrogen) atoms. The highest BCUT2D eigenvalue weighted by atomic mass is 32.1. The van der Waals surface area contributed by atoms with E-state index in [1.54, 1.807) is 0 Å². The van der Waals surface area contributed by atoms with Crippen molar-refractivity contribution in [2.75, 3.05) is 9.80 Å². The Labute approximate surface area is 754 Å². The average Bonchev–Trinajstić information content (AvgIpc) is 1.54. The molecule has 2 aliphatic rings. The first-order valence-corrected chi connectivity index (χ1v) is 46.4. The van der Waals surface area contributed by atoms with E-state index in [9.17, 15) is 0 Å². The van der Waals surface area contributed by atoms with E-state index in [0.29, 0.717) is 0 Å². The largest absolute Gasteiger partial charge is 0.310 e. The van der Waals surface area contributed by atoms with Crippen LogP contribution in [0.2, 0.25) is 0 Å². The van der Waals surface area contributed by atoms with E-state index in [2.05, 4.69) is 494 Å². The van der Waals surface area contributed by atoms with Crippen LogP contribution in [0.25, 0.3) is 144 Å². The van der Waals surface area contributed by atoms with Gasteiger partial charge in [-0.25, -0.2) is 0 Å². The minimum absolute atomic E-state index is 0.460. The number of para-hydroxylation sites is 2. The zero-order valence-corrected chi connectivity index (χ0v) is 72.1. The van der Waals surface area contributed by atoms with Gasteiger partial charge in [0, 0.05) is 111 Å². The van der Waals surface area contributed by atoms with Crippen LogP contribution in [0.4, 0.5) is 34.1 Å². The summed E-state index contributed by atoms with van der Waals surface area (Å²) in [5.41, 5.74) is 31.8. The van der Waals surface area contributed by atoms with Gasteiger partial charge < -0.3 is 14.4 Å². The van der Waals surface area contributed by atoms with Crippen molar-refractivity contribution in [2.24, 2.45) is 0 Å². The van der Waals surface area contributed by atoms with Crippen LogP contribution in [0.3, 0.4) is 0 Å². The Kier molecular flexibility index (Phi) is 18.0. The molecule has 0 saturated heterocycles. The van der Waals surface area contributed by atoms with Gasteiger partial charge in [-0.3, -0.25) is 0 Å². The van der Waals surface area contributed by atoms with Gasteiger partial charge >= 0.3 is 0 Å². The number of anilines is 6. The lowest BCUT2D eigenvalue weighted by molar-refractivity contribution is 0.768. The van der Waals surface area contributed by atoms with Crippen molar-refractivity contribution >= 4 is 150 Å². The van der Waals surface area contributed by atoms with Crippen LogP contribution in [0.15, 0.2) is 479 Å². The van der Waals surface area contributed by atoms with Crippen LogP contribution in [0, 0.1) is 0 Å². The van der Waals surface area contributed by atoms with E-state index < -0.39 is 10.8 Å². The molecule has 0 bridgehead atoms. The van der Waals surface area contributed by atoms with Gasteiger partial charge in [-0.15, -0.1) is 34.0 Å². The van der Waals surface area contributed by atoms with Crippen LogP contribution in [-0.4, -0.2) is 4.57 Å². The van der Waals surface area contributed by atoms with Crippen LogP contribution >= 0.6 is 34.0 Å². The quantitative estimate of drug-likeness (QED) is 0.107. The van der Waals surface area contributed by atoms with Crippen molar-refractivity contribution in [3.63, 3.8) is 0 Å². The van der Waals surface area contributed by atoms with Crippen molar-refractivity contribution in [2.45, 2.75) is 10.8 Å². The number of nitrogens with zero attached hydrogens (tertiary/aromatic N) is 3. The standard InChI is InChI=1S/C61H40N2S.C61H39NS2/c1-3-16-43(17-4-1)61(44-18-5-2-6-19-44)55-26-11-7-22-49(55)54-40-48(35-37-56(54)61)62(45-33-30-41(31-34-45)42-32-36-53-52-25-10-14-29-59(52)64-60(53)38-42)46-20-15-21-47(39-46)63-57-27-12-8-23-50(57)51-24-9-13-28-58(51)63;1-3-16-43(17-4-1)61(44-18-5-2-6-19-44)55-26-10-7-21-49(55)54-39-47(34-36-56(54)61)62(45-32-29-40(30-33-45)41-31-35-52-50-22-8-11-27-57(50)63-59(52)38-41)46-20-13-15-42(37-46)48-24-14-25-53-51-23-9-12-28-58(51)64-60(48)53/h1-40H;1-39H. The summed E-state index contributed by atoms with van der Waals surface area (Å²) in [6.07, 6.45) is 0. The molecule has 0 fully saturated rings. The van der Waals surface area contributed by atoms with E-state index in [1.165, 1.54) is 182 Å². The Bertz CT molecular complexity index is 8310. The molecule has 0 unspecified atom stereocenters. The topological polar surface area (TPSA) is 11.4 Å². The van der Waals surface area contributed by atoms with Crippen LogP contribution in [0.5, 0.6) is 0 Å². The van der Waals surface area contributed by atoms with Gasteiger partial charge in [-0.1, -0.05) is 358 Å². The lowest BCUT2D eigenvalue weighted by Gasteiger charge is -2.34. The number of hydrogen-bond acceptors (Lipinski definition) is 5. The molecule has 0 aliphatic heterocycles. The number of rotatable bonds is 14. The Balaban J connectivity index is 0.000000139. The van der Waals surface area contributed by atoms with Gasteiger partial charge in [0.1, 0.15) is 0 Å². The zero-order valence-electron chi connectivity index (χ0n) is 69.7. The summed E-state index contributed by atoms with van der Waals surface area (Å²) >= 11 is 5.62. The van der Waals surface area contributed by atoms with Gasteiger partial charge in [0.25, 0.3) is 0 Å². The van der Waals surface area contributed by atoms with E-state index in [-0.39, 0.29) is 0 Å². The molecule has 0 N–H and O–H groups in total. The van der Waals surface area contributed by atoms with Crippen molar-refractivity contribution < 1.29 is 0 Å². The monoisotopic (exact) mass is 1680 g/mol. The van der Waals surface area contributed by atoms with E-state index >= 15 is 0 Å². The highest BCUT2D eigenvalue weighted by Crippen LogP contribution is 2.60. The van der Waals surface area contributed by atoms with Gasteiger partial charge in [-0.05, 0) is 221 Å². The number of fused-ring (bicyclic) bond motifs is 18. The highest BCUT2D eigenvalue weighted by molar-refractivity contribution is 7.27. The summed E-state index contributed by atoms with van der Waals surface area (Å²) in [7, 11) is 0. The Morgan fingerprint density at radius 1 is 0.180 bits per heavy atom. The summed E-state index contributed by atoms with van der Waals surface area (Å²) in [5.74, 6) is 0. The number of benzene rings is 20. The fourth-order valence-electron chi connectivity index (χ4n) is 21.2. The van der Waals surface area contributed by atoms with Crippen molar-refractivity contribution in [1.29, 1.82) is 0 Å². The molecule has 600 valence electrons. The predicted octanol–water partition coefficient (Wildman–Crippen LogP) is 34.2. The molecule has 0 radical (unpaired) electrons. The maximum Gasteiger partial charge on any atom is 0.0713 e. The molecular formula is C122H79N3S3. The third-order valence-electron chi connectivity index (χ3n) is 26.8. The Morgan fingerprint density at radius 2 is 0.516 bits per heavy atom. The van der Waals surface area contributed by atoms with Crippen molar-refractivity contribution in [3.8, 4) is 61.3 Å². The zero-order chi connectivity index (χ0) is 84.4. The SMILES string of the molecule is c1ccc(C2(c3ccccc3)c3ccccc3-c3cc(N(c4ccc(-c5ccc6c(c5)sc5ccccc56)cc4)c4cccc(-c5cccc6c5sc5ccccc56)c4)ccc32)cc1.c1ccc(C2(c3ccccc3)c3ccccc3-c3cc(N(c4ccc(-c5ccc6c(c5)sc5ccccc56)cc4)c4cccc(-n5c6ccccc6c6ccccc65)c4)ccc32)cc1. The van der Waals surface area contributed by atoms with E-state index in [1.807, 2.05) is 34.0 Å². The Hall–Kier alpha value is -15.5. The second kappa shape index (κ2) is 30.7. The second-order valence-electron chi connectivity index (χ2n) is 33.6. The maximum atomic E-state index is 2.45. The smallest absolute Gasteiger partial charge is 0.0713 e. The minimum atomic E-state index is -0.467. The third kappa shape index (κ3) is 12.0. The summed E-state index contributed by atoms with van der Waals surface area (Å²) in [6.45, 7) is 0. The molecule has 0 saturated carbocycles.